The second-order valence-corrected chi connectivity index (χ2v) is 4.94. The normalized spacial score (nSPS) is 26.8. The van der Waals surface area contributed by atoms with Crippen LogP contribution in [0, 0.1) is 11.8 Å². The Labute approximate surface area is 95.8 Å². The number of hydrogen-bond acceptors (Lipinski definition) is 2. The summed E-state index contributed by atoms with van der Waals surface area (Å²) in [6.45, 7) is 3.39. The van der Waals surface area contributed by atoms with Gasteiger partial charge in [-0.05, 0) is 24.7 Å². The molecule has 2 unspecified atom stereocenters. The van der Waals surface area contributed by atoms with Crippen molar-refractivity contribution >= 4 is 11.6 Å². The summed E-state index contributed by atoms with van der Waals surface area (Å²) in [6.07, 6.45) is 7.23. The van der Waals surface area contributed by atoms with Crippen molar-refractivity contribution in [3.8, 4) is 0 Å². The van der Waals surface area contributed by atoms with Crippen LogP contribution in [0.25, 0.3) is 0 Å². The molecule has 1 fully saturated rings. The molecule has 1 aliphatic rings. The van der Waals surface area contributed by atoms with Crippen LogP contribution in [0.4, 0.5) is 0 Å². The lowest BCUT2D eigenvalue weighted by molar-refractivity contribution is 0.255. The first-order valence-electron chi connectivity index (χ1n) is 5.72. The van der Waals surface area contributed by atoms with Crippen LogP contribution in [0.5, 0.6) is 0 Å². The van der Waals surface area contributed by atoms with Gasteiger partial charge in [0, 0.05) is 6.54 Å². The molecule has 3 nitrogen and oxygen atoms in total. The number of halogens is 1. The molecule has 1 saturated carbocycles. The molecule has 0 amide bonds. The summed E-state index contributed by atoms with van der Waals surface area (Å²) < 4.78 is 2.11. The number of hydrogen-bond donors (Lipinski definition) is 0. The van der Waals surface area contributed by atoms with Gasteiger partial charge < -0.3 is 4.57 Å². The van der Waals surface area contributed by atoms with Gasteiger partial charge in [-0.1, -0.05) is 19.8 Å². The Morgan fingerprint density at radius 3 is 3.13 bits per heavy atom. The number of aromatic nitrogens is 3. The Balaban J connectivity index is 1.96. The average Bonchev–Trinajstić information content (AvgIpc) is 2.65. The minimum absolute atomic E-state index is 0.461. The van der Waals surface area contributed by atoms with Crippen molar-refractivity contribution in [3.63, 3.8) is 0 Å². The zero-order chi connectivity index (χ0) is 10.7. The van der Waals surface area contributed by atoms with Gasteiger partial charge in [-0.3, -0.25) is 0 Å². The van der Waals surface area contributed by atoms with Gasteiger partial charge in [0.15, 0.2) is 0 Å². The lowest BCUT2D eigenvalue weighted by atomic mass is 9.82. The van der Waals surface area contributed by atoms with Gasteiger partial charge in [-0.25, -0.2) is 0 Å². The van der Waals surface area contributed by atoms with E-state index in [1.165, 1.54) is 25.7 Å². The van der Waals surface area contributed by atoms with E-state index in [0.29, 0.717) is 5.88 Å². The van der Waals surface area contributed by atoms with E-state index < -0.39 is 0 Å². The van der Waals surface area contributed by atoms with Gasteiger partial charge in [-0.2, -0.15) is 0 Å². The zero-order valence-electron chi connectivity index (χ0n) is 9.19. The molecule has 0 bridgehead atoms. The van der Waals surface area contributed by atoms with Crippen molar-refractivity contribution in [3.05, 3.63) is 12.2 Å². The predicted octanol–water partition coefficient (Wildman–Crippen LogP) is 2.84. The van der Waals surface area contributed by atoms with Crippen molar-refractivity contribution in [2.75, 3.05) is 0 Å². The van der Waals surface area contributed by atoms with Crippen LogP contribution in [-0.4, -0.2) is 14.8 Å². The SMILES string of the molecule is CC1CCCC(Cn2cnnc2CCl)C1. The zero-order valence-corrected chi connectivity index (χ0v) is 9.95. The fourth-order valence-corrected chi connectivity index (χ4v) is 2.75. The van der Waals surface area contributed by atoms with Crippen molar-refractivity contribution in [2.45, 2.75) is 45.0 Å². The summed E-state index contributed by atoms with van der Waals surface area (Å²) in [7, 11) is 0. The van der Waals surface area contributed by atoms with Crippen LogP contribution in [0.15, 0.2) is 6.33 Å². The Kier molecular flexibility index (Phi) is 3.62. The lowest BCUT2D eigenvalue weighted by Gasteiger charge is -2.27. The summed E-state index contributed by atoms with van der Waals surface area (Å²) in [4.78, 5) is 0. The molecule has 1 heterocycles. The van der Waals surface area contributed by atoms with E-state index in [1.54, 1.807) is 6.33 Å². The van der Waals surface area contributed by atoms with Crippen LogP contribution in [0.1, 0.15) is 38.4 Å². The van der Waals surface area contributed by atoms with Crippen LogP contribution in [0.2, 0.25) is 0 Å². The Morgan fingerprint density at radius 2 is 2.40 bits per heavy atom. The first-order valence-corrected chi connectivity index (χ1v) is 6.25. The van der Waals surface area contributed by atoms with Gasteiger partial charge in [0.1, 0.15) is 12.2 Å². The van der Waals surface area contributed by atoms with E-state index in [4.69, 9.17) is 11.6 Å². The van der Waals surface area contributed by atoms with Crippen molar-refractivity contribution in [1.29, 1.82) is 0 Å². The number of alkyl halides is 1. The molecule has 1 aromatic rings. The fraction of sp³-hybridized carbons (Fsp3) is 0.818. The molecule has 15 heavy (non-hydrogen) atoms. The van der Waals surface area contributed by atoms with Crippen molar-refractivity contribution < 1.29 is 0 Å². The van der Waals surface area contributed by atoms with E-state index in [0.717, 1.165) is 24.2 Å². The van der Waals surface area contributed by atoms with E-state index in [1.807, 2.05) is 0 Å². The quantitative estimate of drug-likeness (QED) is 0.744. The lowest BCUT2D eigenvalue weighted by Crippen LogP contribution is -2.19. The summed E-state index contributed by atoms with van der Waals surface area (Å²) in [5.41, 5.74) is 0. The maximum Gasteiger partial charge on any atom is 0.147 e. The summed E-state index contributed by atoms with van der Waals surface area (Å²) in [6, 6.07) is 0. The molecule has 0 aromatic carbocycles. The van der Waals surface area contributed by atoms with Gasteiger partial charge in [0.05, 0.1) is 5.88 Å². The van der Waals surface area contributed by atoms with E-state index >= 15 is 0 Å². The summed E-state index contributed by atoms with van der Waals surface area (Å²) in [5.74, 6) is 3.02. The summed E-state index contributed by atoms with van der Waals surface area (Å²) in [5, 5.41) is 7.91. The van der Waals surface area contributed by atoms with Gasteiger partial charge in [0.2, 0.25) is 0 Å². The molecule has 1 aliphatic carbocycles. The first-order chi connectivity index (χ1) is 7.29. The second kappa shape index (κ2) is 4.97. The minimum Gasteiger partial charge on any atom is -0.316 e. The van der Waals surface area contributed by atoms with Crippen molar-refractivity contribution in [2.24, 2.45) is 11.8 Å². The van der Waals surface area contributed by atoms with Crippen LogP contribution < -0.4 is 0 Å². The third-order valence-electron chi connectivity index (χ3n) is 3.32. The predicted molar refractivity (Wildman–Crippen MR) is 60.7 cm³/mol. The maximum absolute atomic E-state index is 5.80. The van der Waals surface area contributed by atoms with Gasteiger partial charge in [0.25, 0.3) is 0 Å². The molecule has 0 aliphatic heterocycles. The highest BCUT2D eigenvalue weighted by Crippen LogP contribution is 2.29. The molecular weight excluding hydrogens is 210 g/mol. The standard InChI is InChI=1S/C11H18ClN3/c1-9-3-2-4-10(5-9)7-15-8-13-14-11(15)6-12/h8-10H,2-7H2,1H3. The third-order valence-corrected chi connectivity index (χ3v) is 3.55. The fourth-order valence-electron chi connectivity index (χ4n) is 2.54. The average molecular weight is 228 g/mol. The number of nitrogens with zero attached hydrogens (tertiary/aromatic N) is 3. The Morgan fingerprint density at radius 1 is 1.53 bits per heavy atom. The molecule has 4 heteroatoms. The molecule has 0 radical (unpaired) electrons. The van der Waals surface area contributed by atoms with Crippen LogP contribution in [0.3, 0.4) is 0 Å². The monoisotopic (exact) mass is 227 g/mol. The van der Waals surface area contributed by atoms with E-state index in [9.17, 15) is 0 Å². The molecule has 0 N–H and O–H groups in total. The minimum atomic E-state index is 0.461. The van der Waals surface area contributed by atoms with Gasteiger partial charge >= 0.3 is 0 Å². The highest BCUT2D eigenvalue weighted by atomic mass is 35.5. The molecular formula is C11H18ClN3. The molecule has 0 spiro atoms. The maximum atomic E-state index is 5.80. The molecule has 2 atom stereocenters. The number of rotatable bonds is 3. The third kappa shape index (κ3) is 2.71. The van der Waals surface area contributed by atoms with Crippen LogP contribution >= 0.6 is 11.6 Å². The topological polar surface area (TPSA) is 30.7 Å². The second-order valence-electron chi connectivity index (χ2n) is 4.67. The molecule has 0 saturated heterocycles. The summed E-state index contributed by atoms with van der Waals surface area (Å²) >= 11 is 5.80. The molecule has 2 rings (SSSR count). The Bertz CT molecular complexity index is 311. The molecule has 1 aromatic heterocycles. The van der Waals surface area contributed by atoms with E-state index in [2.05, 4.69) is 21.7 Å². The Hall–Kier alpha value is -0.570. The highest BCUT2D eigenvalue weighted by Gasteiger charge is 2.19. The van der Waals surface area contributed by atoms with E-state index in [-0.39, 0.29) is 0 Å². The highest BCUT2D eigenvalue weighted by molar-refractivity contribution is 6.16. The smallest absolute Gasteiger partial charge is 0.147 e. The van der Waals surface area contributed by atoms with Crippen molar-refractivity contribution in [1.82, 2.24) is 14.8 Å². The largest absolute Gasteiger partial charge is 0.316 e. The first kappa shape index (κ1) is 10.9. The van der Waals surface area contributed by atoms with Gasteiger partial charge in [-0.15, -0.1) is 21.8 Å². The van der Waals surface area contributed by atoms with Crippen LogP contribution in [-0.2, 0) is 12.4 Å². The molecule has 84 valence electrons.